The molecule has 0 saturated carbocycles. The molecule has 0 spiro atoms. The largest absolute Gasteiger partial charge is 0.506 e. The van der Waals surface area contributed by atoms with Crippen molar-refractivity contribution in [1.29, 1.82) is 0 Å². The van der Waals surface area contributed by atoms with Crippen LogP contribution in [0.3, 0.4) is 0 Å². The van der Waals surface area contributed by atoms with Crippen LogP contribution >= 0.6 is 0 Å². The van der Waals surface area contributed by atoms with E-state index in [-0.39, 0.29) is 12.4 Å². The van der Waals surface area contributed by atoms with Gasteiger partial charge in [-0.2, -0.15) is 0 Å². The molecule has 0 atom stereocenters. The first kappa shape index (κ1) is 9.73. The van der Waals surface area contributed by atoms with E-state index in [1.807, 2.05) is 0 Å². The van der Waals surface area contributed by atoms with Crippen molar-refractivity contribution >= 4 is 11.0 Å². The molecule has 0 aliphatic carbocycles. The molecule has 2 aromatic rings. The molecule has 0 aliphatic rings. The van der Waals surface area contributed by atoms with E-state index in [0.717, 1.165) is 5.56 Å². The summed E-state index contributed by atoms with van der Waals surface area (Å²) in [5, 5.41) is 18.7. The second-order valence-corrected chi connectivity index (χ2v) is 3.17. The maximum absolute atomic E-state index is 10.9. The molecule has 1 aromatic carbocycles. The van der Waals surface area contributed by atoms with E-state index in [4.69, 9.17) is 9.52 Å². The quantitative estimate of drug-likeness (QED) is 0.712. The first-order valence-corrected chi connectivity index (χ1v) is 4.49. The van der Waals surface area contributed by atoms with Crippen LogP contribution in [-0.2, 0) is 6.42 Å². The van der Waals surface area contributed by atoms with Crippen LogP contribution in [0.1, 0.15) is 5.56 Å². The van der Waals surface area contributed by atoms with Gasteiger partial charge in [-0.1, -0.05) is 6.07 Å². The monoisotopic (exact) mass is 205 g/mol. The molecule has 77 valence electrons. The highest BCUT2D eigenvalue weighted by Gasteiger charge is 2.05. The molecular weight excluding hydrogens is 196 g/mol. The van der Waals surface area contributed by atoms with E-state index in [1.54, 1.807) is 18.2 Å². The van der Waals surface area contributed by atoms with Crippen LogP contribution in [0.2, 0.25) is 0 Å². The van der Waals surface area contributed by atoms with Crippen LogP contribution < -0.4 is 5.63 Å². The average Bonchev–Trinajstić information content (AvgIpc) is 2.19. The van der Waals surface area contributed by atoms with Gasteiger partial charge < -0.3 is 14.6 Å². The molecule has 15 heavy (non-hydrogen) atoms. The van der Waals surface area contributed by atoms with Crippen LogP contribution in [0, 0.1) is 6.07 Å². The summed E-state index contributed by atoms with van der Waals surface area (Å²) in [5.41, 5.74) is 0.482. The second kappa shape index (κ2) is 3.74. The van der Waals surface area contributed by atoms with Crippen molar-refractivity contribution in [1.82, 2.24) is 0 Å². The zero-order valence-electron chi connectivity index (χ0n) is 7.86. The van der Waals surface area contributed by atoms with Gasteiger partial charge in [0, 0.05) is 6.61 Å². The lowest BCUT2D eigenvalue weighted by atomic mass is 10.1. The maximum atomic E-state index is 10.9. The van der Waals surface area contributed by atoms with Crippen molar-refractivity contribution in [3.05, 3.63) is 40.2 Å². The number of aliphatic hydroxyl groups is 1. The van der Waals surface area contributed by atoms with Crippen LogP contribution in [0.15, 0.2) is 27.4 Å². The van der Waals surface area contributed by atoms with Gasteiger partial charge in [0.2, 0.25) is 0 Å². The SMILES string of the molecule is O=c1[c]c(O)c2cc(CCO)ccc2o1. The number of rotatable bonds is 2. The van der Waals surface area contributed by atoms with Crippen molar-refractivity contribution in [3.8, 4) is 5.75 Å². The number of benzene rings is 1. The molecule has 0 bridgehead atoms. The van der Waals surface area contributed by atoms with E-state index in [1.165, 1.54) is 0 Å². The number of fused-ring (bicyclic) bond motifs is 1. The lowest BCUT2D eigenvalue weighted by Crippen LogP contribution is -1.97. The lowest BCUT2D eigenvalue weighted by molar-refractivity contribution is 0.299. The van der Waals surface area contributed by atoms with E-state index >= 15 is 0 Å². The van der Waals surface area contributed by atoms with Crippen LogP contribution in [0.4, 0.5) is 0 Å². The summed E-state index contributed by atoms with van der Waals surface area (Å²) >= 11 is 0. The molecular formula is C11H9O4. The zero-order chi connectivity index (χ0) is 10.8. The van der Waals surface area contributed by atoms with Crippen LogP contribution in [0.25, 0.3) is 11.0 Å². The molecule has 4 nitrogen and oxygen atoms in total. The Labute approximate surface area is 85.4 Å². The fourth-order valence-corrected chi connectivity index (χ4v) is 1.43. The van der Waals surface area contributed by atoms with Gasteiger partial charge in [-0.3, -0.25) is 0 Å². The van der Waals surface area contributed by atoms with Gasteiger partial charge >= 0.3 is 5.63 Å². The summed E-state index contributed by atoms with van der Waals surface area (Å²) in [5.74, 6) is -0.221. The molecule has 2 rings (SSSR count). The van der Waals surface area contributed by atoms with Crippen molar-refractivity contribution in [3.63, 3.8) is 0 Å². The minimum absolute atomic E-state index is 0.0345. The topological polar surface area (TPSA) is 70.7 Å². The molecule has 1 aromatic heterocycles. The average molecular weight is 205 g/mol. The summed E-state index contributed by atoms with van der Waals surface area (Å²) in [6, 6.07) is 7.15. The molecule has 0 saturated heterocycles. The number of aromatic hydroxyl groups is 1. The fourth-order valence-electron chi connectivity index (χ4n) is 1.43. The molecule has 0 aliphatic heterocycles. The summed E-state index contributed by atoms with van der Waals surface area (Å²) in [7, 11) is 0. The van der Waals surface area contributed by atoms with Gasteiger partial charge in [0.1, 0.15) is 17.4 Å². The third-order valence-corrected chi connectivity index (χ3v) is 2.12. The molecule has 0 fully saturated rings. The highest BCUT2D eigenvalue weighted by atomic mass is 16.4. The van der Waals surface area contributed by atoms with Gasteiger partial charge in [-0.15, -0.1) is 0 Å². The first-order valence-electron chi connectivity index (χ1n) is 4.49. The van der Waals surface area contributed by atoms with Crippen LogP contribution in [-0.4, -0.2) is 16.8 Å². The Bertz CT molecular complexity index is 542. The van der Waals surface area contributed by atoms with Crippen molar-refractivity contribution in [2.24, 2.45) is 0 Å². The van der Waals surface area contributed by atoms with Gasteiger partial charge in [-0.05, 0) is 24.1 Å². The molecule has 0 unspecified atom stereocenters. The minimum Gasteiger partial charge on any atom is -0.506 e. The summed E-state index contributed by atoms with van der Waals surface area (Å²) < 4.78 is 4.84. The Morgan fingerprint density at radius 1 is 1.40 bits per heavy atom. The molecule has 4 heteroatoms. The van der Waals surface area contributed by atoms with E-state index < -0.39 is 5.63 Å². The Morgan fingerprint density at radius 3 is 2.93 bits per heavy atom. The molecule has 0 amide bonds. The van der Waals surface area contributed by atoms with Crippen LogP contribution in [0.5, 0.6) is 5.75 Å². The first-order chi connectivity index (χ1) is 7.20. The van der Waals surface area contributed by atoms with Crippen molar-refractivity contribution in [2.75, 3.05) is 6.61 Å². The Hall–Kier alpha value is -1.81. The van der Waals surface area contributed by atoms with Gasteiger partial charge in [0.05, 0.1) is 5.39 Å². The predicted octanol–water partition coefficient (Wildman–Crippen LogP) is 0.834. The normalized spacial score (nSPS) is 10.7. The smallest absolute Gasteiger partial charge is 0.348 e. The fraction of sp³-hybridized carbons (Fsp3) is 0.182. The maximum Gasteiger partial charge on any atom is 0.348 e. The molecule has 2 N–H and O–H groups in total. The summed E-state index contributed by atoms with van der Waals surface area (Å²) in [6.45, 7) is 0.0345. The van der Waals surface area contributed by atoms with Gasteiger partial charge in [0.15, 0.2) is 0 Å². The zero-order valence-corrected chi connectivity index (χ0v) is 7.86. The minimum atomic E-state index is -0.699. The summed E-state index contributed by atoms with van der Waals surface area (Å²) in [4.78, 5) is 10.9. The Kier molecular flexibility index (Phi) is 2.43. The third kappa shape index (κ3) is 1.85. The molecule has 1 radical (unpaired) electrons. The number of hydrogen-bond acceptors (Lipinski definition) is 4. The Morgan fingerprint density at radius 2 is 2.20 bits per heavy atom. The highest BCUT2D eigenvalue weighted by Crippen LogP contribution is 2.23. The lowest BCUT2D eigenvalue weighted by Gasteiger charge is -2.01. The third-order valence-electron chi connectivity index (χ3n) is 2.12. The van der Waals surface area contributed by atoms with Crippen molar-refractivity contribution < 1.29 is 14.6 Å². The predicted molar refractivity (Wildman–Crippen MR) is 53.8 cm³/mol. The van der Waals surface area contributed by atoms with E-state index in [0.29, 0.717) is 17.4 Å². The van der Waals surface area contributed by atoms with E-state index in [9.17, 15) is 9.90 Å². The number of hydrogen-bond donors (Lipinski definition) is 2. The van der Waals surface area contributed by atoms with Gasteiger partial charge in [-0.25, -0.2) is 4.79 Å². The second-order valence-electron chi connectivity index (χ2n) is 3.17. The number of aliphatic hydroxyl groups excluding tert-OH is 1. The van der Waals surface area contributed by atoms with E-state index in [2.05, 4.69) is 6.07 Å². The summed E-state index contributed by atoms with van der Waals surface area (Å²) in [6.07, 6.45) is 0.495. The molecule has 1 heterocycles. The van der Waals surface area contributed by atoms with Crippen molar-refractivity contribution in [2.45, 2.75) is 6.42 Å². The van der Waals surface area contributed by atoms with Gasteiger partial charge in [0.25, 0.3) is 0 Å². The standard InChI is InChI=1S/C11H9O4/c12-4-3-7-1-2-10-8(5-7)9(13)6-11(14)15-10/h1-2,5,12-13H,3-4H2. The Balaban J connectivity index is 2.66. The highest BCUT2D eigenvalue weighted by molar-refractivity contribution is 5.83.